The van der Waals surface area contributed by atoms with E-state index in [9.17, 15) is 4.79 Å². The van der Waals surface area contributed by atoms with Crippen LogP contribution in [-0.2, 0) is 4.79 Å². The molecule has 1 aromatic carbocycles. The highest BCUT2D eigenvalue weighted by Crippen LogP contribution is 2.20. The highest BCUT2D eigenvalue weighted by Gasteiger charge is 2.03. The van der Waals surface area contributed by atoms with Crippen LogP contribution in [0.15, 0.2) is 24.3 Å². The molecule has 0 saturated heterocycles. The third-order valence-corrected chi connectivity index (χ3v) is 2.56. The smallest absolute Gasteiger partial charge is 0.328 e. The summed E-state index contributed by atoms with van der Waals surface area (Å²) in [5, 5.41) is 8.72. The van der Waals surface area contributed by atoms with Crippen molar-refractivity contribution in [2.24, 2.45) is 0 Å². The minimum absolute atomic E-state index is 0.731. The van der Waals surface area contributed by atoms with Crippen molar-refractivity contribution < 1.29 is 9.90 Å². The van der Waals surface area contributed by atoms with Gasteiger partial charge >= 0.3 is 5.97 Å². The summed E-state index contributed by atoms with van der Waals surface area (Å²) in [6.07, 6.45) is 2.01. The summed E-state index contributed by atoms with van der Waals surface area (Å²) in [5.74, 6) is -0.884. The molecule has 1 rings (SSSR count). The molecule has 0 amide bonds. The average molecular weight is 204 g/mol. The van der Waals surface area contributed by atoms with Crippen LogP contribution in [0.2, 0.25) is 0 Å². The van der Waals surface area contributed by atoms with Gasteiger partial charge in [-0.25, -0.2) is 4.79 Å². The fourth-order valence-corrected chi connectivity index (χ4v) is 1.48. The van der Waals surface area contributed by atoms with Gasteiger partial charge in [-0.3, -0.25) is 0 Å². The predicted octanol–water partition coefficient (Wildman–Crippen LogP) is 3.18. The molecule has 80 valence electrons. The van der Waals surface area contributed by atoms with Gasteiger partial charge in [0, 0.05) is 6.08 Å². The number of carboxylic acid groups (broad SMARTS) is 1. The third kappa shape index (κ3) is 2.94. The average Bonchev–Trinajstić information content (AvgIpc) is 2.18. The molecule has 0 radical (unpaired) electrons. The molecule has 0 bridgehead atoms. The summed E-state index contributed by atoms with van der Waals surface area (Å²) in [5.41, 5.74) is 4.29. The molecule has 0 heterocycles. The minimum atomic E-state index is -0.884. The molecular weight excluding hydrogens is 188 g/mol. The molecule has 2 heteroatoms. The van der Waals surface area contributed by atoms with Crippen molar-refractivity contribution in [1.29, 1.82) is 0 Å². The maximum absolute atomic E-state index is 10.6. The minimum Gasteiger partial charge on any atom is -0.478 e. The normalized spacial score (nSPS) is 11.5. The van der Waals surface area contributed by atoms with E-state index in [1.54, 1.807) is 0 Å². The molecule has 0 spiro atoms. The van der Waals surface area contributed by atoms with Gasteiger partial charge in [0.2, 0.25) is 0 Å². The number of carbonyl (C=O) groups is 1. The molecule has 0 aromatic heterocycles. The first-order valence-corrected chi connectivity index (χ1v) is 5.05. The number of rotatable bonds is 3. The maximum atomic E-state index is 10.6. The zero-order chi connectivity index (χ0) is 11.4. The molecule has 0 saturated carbocycles. The number of allylic oxidation sites excluding steroid dienone is 1. The molecule has 0 aliphatic rings. The topological polar surface area (TPSA) is 37.3 Å². The molecular formula is C13H16O2. The molecule has 1 N–H and O–H groups in total. The number of aryl methyl sites for hydroxylation is 2. The highest BCUT2D eigenvalue weighted by atomic mass is 16.4. The van der Waals surface area contributed by atoms with Crippen LogP contribution in [-0.4, -0.2) is 11.1 Å². The first kappa shape index (κ1) is 11.5. The number of aliphatic carboxylic acids is 1. The van der Waals surface area contributed by atoms with E-state index in [0.29, 0.717) is 0 Å². The molecule has 0 aliphatic carbocycles. The van der Waals surface area contributed by atoms with Gasteiger partial charge in [-0.15, -0.1) is 0 Å². The van der Waals surface area contributed by atoms with E-state index in [2.05, 4.69) is 0 Å². The van der Waals surface area contributed by atoms with Crippen LogP contribution in [0.1, 0.15) is 30.0 Å². The Bertz CT molecular complexity index is 403. The Labute approximate surface area is 90.3 Å². The second kappa shape index (κ2) is 4.78. The van der Waals surface area contributed by atoms with E-state index in [1.807, 2.05) is 39.0 Å². The van der Waals surface area contributed by atoms with Crippen LogP contribution in [0.4, 0.5) is 0 Å². The van der Waals surface area contributed by atoms with Crippen LogP contribution in [0.5, 0.6) is 0 Å². The van der Waals surface area contributed by atoms with E-state index in [4.69, 9.17) is 5.11 Å². The van der Waals surface area contributed by atoms with Gasteiger partial charge in [0.05, 0.1) is 0 Å². The molecule has 0 unspecified atom stereocenters. The Kier molecular flexibility index (Phi) is 3.67. The summed E-state index contributed by atoms with van der Waals surface area (Å²) in [4.78, 5) is 10.6. The maximum Gasteiger partial charge on any atom is 0.328 e. The van der Waals surface area contributed by atoms with Gasteiger partial charge < -0.3 is 5.11 Å². The second-order valence-electron chi connectivity index (χ2n) is 3.66. The first-order valence-electron chi connectivity index (χ1n) is 5.05. The molecule has 1 aromatic rings. The Morgan fingerprint density at radius 3 is 2.47 bits per heavy atom. The van der Waals surface area contributed by atoms with Gasteiger partial charge in [-0.1, -0.05) is 25.1 Å². The van der Waals surface area contributed by atoms with Crippen molar-refractivity contribution in [3.63, 3.8) is 0 Å². The zero-order valence-corrected chi connectivity index (χ0v) is 9.37. The summed E-state index contributed by atoms with van der Waals surface area (Å²) in [7, 11) is 0. The third-order valence-electron chi connectivity index (χ3n) is 2.56. The fraction of sp³-hybridized carbons (Fsp3) is 0.308. The van der Waals surface area contributed by atoms with Crippen molar-refractivity contribution in [1.82, 2.24) is 0 Å². The van der Waals surface area contributed by atoms with Gasteiger partial charge in [0.15, 0.2) is 0 Å². The molecule has 2 nitrogen and oxygen atoms in total. The lowest BCUT2D eigenvalue weighted by molar-refractivity contribution is -0.131. The van der Waals surface area contributed by atoms with E-state index >= 15 is 0 Å². The van der Waals surface area contributed by atoms with Crippen molar-refractivity contribution in [2.45, 2.75) is 27.2 Å². The SMILES string of the molecule is CC/C(=C\C(=O)O)c1ccc(C)c(C)c1. The van der Waals surface area contributed by atoms with Gasteiger partial charge in [0.1, 0.15) is 0 Å². The highest BCUT2D eigenvalue weighted by molar-refractivity contribution is 5.90. The Hall–Kier alpha value is -1.57. The van der Waals surface area contributed by atoms with E-state index in [0.717, 1.165) is 17.6 Å². The molecule has 0 atom stereocenters. The zero-order valence-electron chi connectivity index (χ0n) is 9.37. The monoisotopic (exact) mass is 204 g/mol. The van der Waals surface area contributed by atoms with Gasteiger partial charge in [-0.05, 0) is 42.5 Å². The van der Waals surface area contributed by atoms with Crippen LogP contribution < -0.4 is 0 Å². The second-order valence-corrected chi connectivity index (χ2v) is 3.66. The molecule has 0 fully saturated rings. The van der Waals surface area contributed by atoms with Crippen molar-refractivity contribution in [2.75, 3.05) is 0 Å². The van der Waals surface area contributed by atoms with Crippen LogP contribution in [0.25, 0.3) is 5.57 Å². The lowest BCUT2D eigenvalue weighted by atomic mass is 9.99. The Morgan fingerprint density at radius 1 is 1.33 bits per heavy atom. The molecule has 0 aliphatic heterocycles. The summed E-state index contributed by atoms with van der Waals surface area (Å²) in [6, 6.07) is 6.03. The lowest BCUT2D eigenvalue weighted by Crippen LogP contribution is -1.93. The van der Waals surface area contributed by atoms with Crippen molar-refractivity contribution in [3.05, 3.63) is 41.0 Å². The fourth-order valence-electron chi connectivity index (χ4n) is 1.48. The number of carboxylic acids is 1. The van der Waals surface area contributed by atoms with E-state index in [-0.39, 0.29) is 0 Å². The predicted molar refractivity (Wildman–Crippen MR) is 61.8 cm³/mol. The molecule has 15 heavy (non-hydrogen) atoms. The lowest BCUT2D eigenvalue weighted by Gasteiger charge is -2.07. The Morgan fingerprint density at radius 2 is 2.00 bits per heavy atom. The number of hydrogen-bond donors (Lipinski definition) is 1. The number of hydrogen-bond acceptors (Lipinski definition) is 1. The standard InChI is InChI=1S/C13H16O2/c1-4-11(8-13(14)15)12-6-5-9(2)10(3)7-12/h5-8H,4H2,1-3H3,(H,14,15)/b11-8+. The summed E-state index contributed by atoms with van der Waals surface area (Å²) < 4.78 is 0. The van der Waals surface area contributed by atoms with E-state index < -0.39 is 5.97 Å². The summed E-state index contributed by atoms with van der Waals surface area (Å²) in [6.45, 7) is 6.04. The number of benzene rings is 1. The van der Waals surface area contributed by atoms with Crippen molar-refractivity contribution >= 4 is 11.5 Å². The van der Waals surface area contributed by atoms with Crippen LogP contribution in [0, 0.1) is 13.8 Å². The largest absolute Gasteiger partial charge is 0.478 e. The van der Waals surface area contributed by atoms with Gasteiger partial charge in [0.25, 0.3) is 0 Å². The van der Waals surface area contributed by atoms with Crippen molar-refractivity contribution in [3.8, 4) is 0 Å². The van der Waals surface area contributed by atoms with Crippen LogP contribution >= 0.6 is 0 Å². The van der Waals surface area contributed by atoms with Crippen LogP contribution in [0.3, 0.4) is 0 Å². The quantitative estimate of drug-likeness (QED) is 0.768. The first-order chi connectivity index (χ1) is 7.04. The van der Waals surface area contributed by atoms with E-state index in [1.165, 1.54) is 17.2 Å². The Balaban J connectivity index is 3.14. The van der Waals surface area contributed by atoms with Gasteiger partial charge in [-0.2, -0.15) is 0 Å². The summed E-state index contributed by atoms with van der Waals surface area (Å²) >= 11 is 0.